The number of amides is 1. The first kappa shape index (κ1) is 19.9. The minimum Gasteiger partial charge on any atom is -0.379 e. The second kappa shape index (κ2) is 9.35. The van der Waals surface area contributed by atoms with Crippen molar-refractivity contribution < 1.29 is 9.53 Å². The lowest BCUT2D eigenvalue weighted by Gasteiger charge is -2.43. The molecule has 0 aliphatic carbocycles. The molecule has 1 saturated heterocycles. The van der Waals surface area contributed by atoms with Crippen molar-refractivity contribution in [2.75, 3.05) is 32.8 Å². The summed E-state index contributed by atoms with van der Waals surface area (Å²) in [5.74, 6) is -0.0746. The van der Waals surface area contributed by atoms with Gasteiger partial charge in [-0.2, -0.15) is 0 Å². The van der Waals surface area contributed by atoms with Gasteiger partial charge in [-0.1, -0.05) is 36.9 Å². The third-order valence-electron chi connectivity index (χ3n) is 5.14. The van der Waals surface area contributed by atoms with E-state index in [0.29, 0.717) is 12.1 Å². The van der Waals surface area contributed by atoms with Gasteiger partial charge in [0, 0.05) is 36.3 Å². The fraction of sp³-hybridized carbons (Fsp3) is 0.429. The Morgan fingerprint density at radius 2 is 1.96 bits per heavy atom. The van der Waals surface area contributed by atoms with Crippen molar-refractivity contribution in [1.82, 2.24) is 15.2 Å². The topological polar surface area (TPSA) is 54.5 Å². The molecule has 1 aliphatic heterocycles. The molecule has 0 radical (unpaired) electrons. The summed E-state index contributed by atoms with van der Waals surface area (Å²) >= 11 is 1.51. The van der Waals surface area contributed by atoms with E-state index in [-0.39, 0.29) is 11.4 Å². The van der Waals surface area contributed by atoms with Crippen LogP contribution in [0.4, 0.5) is 0 Å². The van der Waals surface area contributed by atoms with E-state index in [1.54, 1.807) is 6.20 Å². The van der Waals surface area contributed by atoms with E-state index < -0.39 is 0 Å². The van der Waals surface area contributed by atoms with Crippen LogP contribution in [-0.2, 0) is 4.74 Å². The van der Waals surface area contributed by atoms with Crippen molar-refractivity contribution in [3.8, 4) is 0 Å². The van der Waals surface area contributed by atoms with Crippen molar-refractivity contribution in [1.29, 1.82) is 0 Å². The lowest BCUT2D eigenvalue weighted by molar-refractivity contribution is -0.0169. The molecule has 1 aromatic carbocycles. The number of morpholine rings is 1. The van der Waals surface area contributed by atoms with Crippen LogP contribution in [0.2, 0.25) is 0 Å². The van der Waals surface area contributed by atoms with Crippen molar-refractivity contribution in [2.45, 2.75) is 35.7 Å². The summed E-state index contributed by atoms with van der Waals surface area (Å²) in [7, 11) is 0. The van der Waals surface area contributed by atoms with E-state index in [4.69, 9.17) is 4.74 Å². The zero-order valence-electron chi connectivity index (χ0n) is 16.0. The SMILES string of the molecule is CCC(C)(CNC(=O)c1cccnc1Sc1ccccc1)N1CCOCC1. The molecule has 6 heteroatoms. The number of nitrogens with zero attached hydrogens (tertiary/aromatic N) is 2. The van der Waals surface area contributed by atoms with Gasteiger partial charge in [0.2, 0.25) is 0 Å². The molecule has 1 aliphatic rings. The number of aromatic nitrogens is 1. The largest absolute Gasteiger partial charge is 0.379 e. The molecule has 1 amide bonds. The van der Waals surface area contributed by atoms with Gasteiger partial charge in [0.05, 0.1) is 18.8 Å². The second-order valence-electron chi connectivity index (χ2n) is 6.90. The molecule has 3 rings (SSSR count). The average molecular weight is 386 g/mol. The molecule has 1 aromatic heterocycles. The number of carbonyl (C=O) groups is 1. The maximum Gasteiger partial charge on any atom is 0.254 e. The summed E-state index contributed by atoms with van der Waals surface area (Å²) in [6.07, 6.45) is 2.69. The number of ether oxygens (including phenoxy) is 1. The van der Waals surface area contributed by atoms with Gasteiger partial charge in [0.15, 0.2) is 0 Å². The molecule has 0 saturated carbocycles. The van der Waals surface area contributed by atoms with Gasteiger partial charge in [-0.05, 0) is 37.6 Å². The third kappa shape index (κ3) is 5.09. The first-order valence-electron chi connectivity index (χ1n) is 9.41. The summed E-state index contributed by atoms with van der Waals surface area (Å²) in [5.41, 5.74) is 0.542. The molecule has 1 unspecified atom stereocenters. The van der Waals surface area contributed by atoms with Crippen LogP contribution < -0.4 is 5.32 Å². The van der Waals surface area contributed by atoms with Crippen LogP contribution in [0.3, 0.4) is 0 Å². The minimum atomic E-state index is -0.0750. The van der Waals surface area contributed by atoms with E-state index in [9.17, 15) is 4.79 Å². The molecule has 0 bridgehead atoms. The van der Waals surface area contributed by atoms with Gasteiger partial charge in [0.1, 0.15) is 5.03 Å². The predicted molar refractivity (Wildman–Crippen MR) is 108 cm³/mol. The molecular formula is C21H27N3O2S. The number of hydrogen-bond donors (Lipinski definition) is 1. The zero-order valence-corrected chi connectivity index (χ0v) is 16.8. The predicted octanol–water partition coefficient (Wildman–Crippen LogP) is 3.46. The van der Waals surface area contributed by atoms with Crippen LogP contribution in [0.1, 0.15) is 30.6 Å². The molecule has 2 heterocycles. The van der Waals surface area contributed by atoms with Crippen molar-refractivity contribution >= 4 is 17.7 Å². The van der Waals surface area contributed by atoms with Gasteiger partial charge < -0.3 is 10.1 Å². The maximum atomic E-state index is 12.9. The van der Waals surface area contributed by atoms with Gasteiger partial charge in [-0.25, -0.2) is 4.98 Å². The van der Waals surface area contributed by atoms with Gasteiger partial charge in [-0.15, -0.1) is 0 Å². The van der Waals surface area contributed by atoms with Crippen molar-refractivity contribution in [3.63, 3.8) is 0 Å². The molecule has 0 spiro atoms. The van der Waals surface area contributed by atoms with Gasteiger partial charge >= 0.3 is 0 Å². The van der Waals surface area contributed by atoms with Crippen molar-refractivity contribution in [2.24, 2.45) is 0 Å². The van der Waals surface area contributed by atoms with E-state index in [1.807, 2.05) is 42.5 Å². The van der Waals surface area contributed by atoms with Crippen LogP contribution in [-0.4, -0.2) is 54.2 Å². The second-order valence-corrected chi connectivity index (χ2v) is 7.97. The fourth-order valence-electron chi connectivity index (χ4n) is 3.17. The Kier molecular flexibility index (Phi) is 6.88. The molecule has 2 aromatic rings. The highest BCUT2D eigenvalue weighted by molar-refractivity contribution is 7.99. The maximum absolute atomic E-state index is 12.9. The molecule has 27 heavy (non-hydrogen) atoms. The molecule has 5 nitrogen and oxygen atoms in total. The monoisotopic (exact) mass is 385 g/mol. The Morgan fingerprint density at radius 1 is 1.22 bits per heavy atom. The standard InChI is InChI=1S/C21H27N3O2S/c1-3-21(2,24-12-14-26-15-13-24)16-23-19(25)18-10-7-11-22-20(18)27-17-8-5-4-6-9-17/h4-11H,3,12-16H2,1-2H3,(H,23,25). The Balaban J connectivity index is 1.69. The van der Waals surface area contributed by atoms with E-state index in [2.05, 4.69) is 29.0 Å². The highest BCUT2D eigenvalue weighted by Crippen LogP contribution is 2.28. The summed E-state index contributed by atoms with van der Waals surface area (Å²) in [5, 5.41) is 3.87. The molecule has 144 valence electrons. The molecule has 1 fully saturated rings. The van der Waals surface area contributed by atoms with Crippen LogP contribution in [0.5, 0.6) is 0 Å². The van der Waals surface area contributed by atoms with Crippen LogP contribution >= 0.6 is 11.8 Å². The van der Waals surface area contributed by atoms with E-state index in [1.165, 1.54) is 11.8 Å². The Hall–Kier alpha value is -1.89. The quantitative estimate of drug-likeness (QED) is 0.791. The van der Waals surface area contributed by atoms with Crippen molar-refractivity contribution in [3.05, 3.63) is 54.2 Å². The minimum absolute atomic E-state index is 0.0746. The average Bonchev–Trinajstić information content (AvgIpc) is 2.73. The summed E-state index contributed by atoms with van der Waals surface area (Å²) in [6, 6.07) is 13.6. The number of pyridine rings is 1. The summed E-state index contributed by atoms with van der Waals surface area (Å²) in [4.78, 5) is 20.8. The molecule has 1 atom stereocenters. The van der Waals surface area contributed by atoms with Crippen LogP contribution in [0, 0.1) is 0 Å². The number of carbonyl (C=O) groups excluding carboxylic acids is 1. The Labute approximate surface area is 165 Å². The lowest BCUT2D eigenvalue weighted by atomic mass is 9.95. The lowest BCUT2D eigenvalue weighted by Crippen LogP contribution is -2.56. The number of rotatable bonds is 7. The third-order valence-corrected chi connectivity index (χ3v) is 6.17. The fourth-order valence-corrected chi connectivity index (χ4v) is 4.08. The van der Waals surface area contributed by atoms with E-state index >= 15 is 0 Å². The normalized spacial score (nSPS) is 17.3. The Bertz CT molecular complexity index is 750. The first-order valence-corrected chi connectivity index (χ1v) is 10.2. The summed E-state index contributed by atoms with van der Waals surface area (Å²) < 4.78 is 5.47. The smallest absolute Gasteiger partial charge is 0.254 e. The van der Waals surface area contributed by atoms with Crippen LogP contribution in [0.15, 0.2) is 58.6 Å². The van der Waals surface area contributed by atoms with Crippen LogP contribution in [0.25, 0.3) is 0 Å². The van der Waals surface area contributed by atoms with Gasteiger partial charge in [-0.3, -0.25) is 9.69 Å². The van der Waals surface area contributed by atoms with Gasteiger partial charge in [0.25, 0.3) is 5.91 Å². The highest BCUT2D eigenvalue weighted by Gasteiger charge is 2.32. The van der Waals surface area contributed by atoms with E-state index in [0.717, 1.165) is 42.6 Å². The number of nitrogens with one attached hydrogen (secondary N) is 1. The molecular weight excluding hydrogens is 358 g/mol. The first-order chi connectivity index (χ1) is 13.1. The molecule has 1 N–H and O–H groups in total. The summed E-state index contributed by atoms with van der Waals surface area (Å²) in [6.45, 7) is 8.30. The number of benzene rings is 1. The zero-order chi connectivity index (χ0) is 19.1. The highest BCUT2D eigenvalue weighted by atomic mass is 32.2. The number of hydrogen-bond acceptors (Lipinski definition) is 5. The Morgan fingerprint density at radius 3 is 2.67 bits per heavy atom.